The van der Waals surface area contributed by atoms with Gasteiger partial charge in [0.15, 0.2) is 0 Å². The van der Waals surface area contributed by atoms with Gasteiger partial charge in [-0.15, -0.1) is 0 Å². The Morgan fingerprint density at radius 3 is 1.93 bits per heavy atom. The summed E-state index contributed by atoms with van der Waals surface area (Å²) in [4.78, 5) is 48.5. The van der Waals surface area contributed by atoms with Gasteiger partial charge in [0.1, 0.15) is 18.1 Å². The Balaban J connectivity index is 2.75. The predicted octanol–water partition coefficient (Wildman–Crippen LogP) is 0.181. The molecule has 30 heavy (non-hydrogen) atoms. The quantitative estimate of drug-likeness (QED) is 0.345. The first-order chi connectivity index (χ1) is 14.0. The van der Waals surface area contributed by atoms with Crippen LogP contribution in [0.25, 0.3) is 0 Å². The third-order valence-corrected chi connectivity index (χ3v) is 4.40. The summed E-state index contributed by atoms with van der Waals surface area (Å²) in [6.07, 6.45) is 0.480. The first kappa shape index (κ1) is 25.1. The molecule has 0 aliphatic heterocycles. The molecule has 4 atom stereocenters. The van der Waals surface area contributed by atoms with Crippen molar-refractivity contribution in [3.63, 3.8) is 0 Å². The molecule has 9 heteroatoms. The second-order valence-corrected chi connectivity index (χ2v) is 7.80. The van der Waals surface area contributed by atoms with Gasteiger partial charge >= 0.3 is 5.97 Å². The summed E-state index contributed by atoms with van der Waals surface area (Å²) in [7, 11) is 0. The molecule has 0 bridgehead atoms. The fourth-order valence-corrected chi connectivity index (χ4v) is 2.73. The first-order valence-corrected chi connectivity index (χ1v) is 9.94. The van der Waals surface area contributed by atoms with Crippen LogP contribution in [0.15, 0.2) is 30.3 Å². The summed E-state index contributed by atoms with van der Waals surface area (Å²) in [6, 6.07) is 5.17. The molecule has 0 fully saturated rings. The zero-order valence-electron chi connectivity index (χ0n) is 17.8. The van der Waals surface area contributed by atoms with E-state index in [1.165, 1.54) is 13.8 Å². The van der Waals surface area contributed by atoms with E-state index in [0.717, 1.165) is 5.56 Å². The largest absolute Gasteiger partial charge is 0.480 e. The van der Waals surface area contributed by atoms with Gasteiger partial charge in [-0.25, -0.2) is 4.79 Å². The number of nitrogens with one attached hydrogen (secondary N) is 3. The average Bonchev–Trinajstić information content (AvgIpc) is 2.66. The second kappa shape index (κ2) is 11.9. The number of carbonyl (C=O) groups excluding carboxylic acids is 3. The molecule has 4 unspecified atom stereocenters. The fraction of sp³-hybridized carbons (Fsp3) is 0.524. The topological polar surface area (TPSA) is 151 Å². The van der Waals surface area contributed by atoms with Crippen molar-refractivity contribution < 1.29 is 24.3 Å². The number of carboxylic acid groups (broad SMARTS) is 1. The molecular formula is C21H32N4O5. The Labute approximate surface area is 176 Å². The number of carboxylic acids is 1. The lowest BCUT2D eigenvalue weighted by atomic mass is 10.0. The third-order valence-electron chi connectivity index (χ3n) is 4.40. The maximum absolute atomic E-state index is 12.6. The molecule has 1 aromatic rings. The number of hydrogen-bond donors (Lipinski definition) is 5. The molecule has 6 N–H and O–H groups in total. The van der Waals surface area contributed by atoms with Crippen molar-refractivity contribution in [3.8, 4) is 0 Å². The van der Waals surface area contributed by atoms with E-state index in [4.69, 9.17) is 5.73 Å². The number of nitrogens with two attached hydrogens (primary N) is 1. The fourth-order valence-electron chi connectivity index (χ4n) is 2.73. The number of hydrogen-bond acceptors (Lipinski definition) is 5. The Hall–Kier alpha value is -2.94. The Morgan fingerprint density at radius 2 is 1.43 bits per heavy atom. The summed E-state index contributed by atoms with van der Waals surface area (Å²) < 4.78 is 0. The van der Waals surface area contributed by atoms with Crippen LogP contribution in [0.5, 0.6) is 0 Å². The van der Waals surface area contributed by atoms with Gasteiger partial charge in [-0.3, -0.25) is 14.4 Å². The van der Waals surface area contributed by atoms with E-state index in [2.05, 4.69) is 16.0 Å². The Bertz CT molecular complexity index is 736. The second-order valence-electron chi connectivity index (χ2n) is 7.80. The lowest BCUT2D eigenvalue weighted by molar-refractivity contribution is -0.142. The highest BCUT2D eigenvalue weighted by molar-refractivity contribution is 5.93. The molecule has 0 saturated carbocycles. The van der Waals surface area contributed by atoms with Gasteiger partial charge in [0.2, 0.25) is 17.7 Å². The van der Waals surface area contributed by atoms with Crippen LogP contribution in [0, 0.1) is 5.92 Å². The van der Waals surface area contributed by atoms with Crippen LogP contribution < -0.4 is 21.7 Å². The number of carbonyl (C=O) groups is 4. The number of amides is 3. The summed E-state index contributed by atoms with van der Waals surface area (Å²) in [5.74, 6) is -2.70. The maximum Gasteiger partial charge on any atom is 0.326 e. The summed E-state index contributed by atoms with van der Waals surface area (Å²) in [6.45, 7) is 6.76. The molecule has 0 spiro atoms. The van der Waals surface area contributed by atoms with Crippen molar-refractivity contribution in [1.82, 2.24) is 16.0 Å². The van der Waals surface area contributed by atoms with Crippen molar-refractivity contribution in [3.05, 3.63) is 35.9 Å². The molecule has 0 aliphatic rings. The van der Waals surface area contributed by atoms with Crippen LogP contribution in [0.4, 0.5) is 0 Å². The summed E-state index contributed by atoms with van der Waals surface area (Å²) in [5.41, 5.74) is 6.31. The highest BCUT2D eigenvalue weighted by atomic mass is 16.4. The van der Waals surface area contributed by atoms with E-state index >= 15 is 0 Å². The van der Waals surface area contributed by atoms with Gasteiger partial charge in [0.25, 0.3) is 0 Å². The monoisotopic (exact) mass is 420 g/mol. The molecule has 0 radical (unpaired) electrons. The van der Waals surface area contributed by atoms with E-state index in [1.54, 1.807) is 24.3 Å². The van der Waals surface area contributed by atoms with Gasteiger partial charge < -0.3 is 26.8 Å². The van der Waals surface area contributed by atoms with Crippen molar-refractivity contribution in [2.75, 3.05) is 0 Å². The SMILES string of the molecule is CC(C)CC(NC(=O)C(C)N)C(=O)NC(C)C(=O)NC(Cc1ccccc1)C(=O)O. The van der Waals surface area contributed by atoms with Crippen molar-refractivity contribution in [1.29, 1.82) is 0 Å². The molecule has 0 heterocycles. The minimum atomic E-state index is -1.17. The minimum Gasteiger partial charge on any atom is -0.480 e. The van der Waals surface area contributed by atoms with Crippen molar-refractivity contribution in [2.45, 2.75) is 64.7 Å². The van der Waals surface area contributed by atoms with Crippen LogP contribution in [-0.4, -0.2) is 53.0 Å². The molecule has 166 valence electrons. The minimum absolute atomic E-state index is 0.112. The lowest BCUT2D eigenvalue weighted by Crippen LogP contribution is -2.56. The van der Waals surface area contributed by atoms with E-state index in [9.17, 15) is 24.3 Å². The van der Waals surface area contributed by atoms with Crippen LogP contribution in [-0.2, 0) is 25.6 Å². The van der Waals surface area contributed by atoms with Gasteiger partial charge in [-0.2, -0.15) is 0 Å². The van der Waals surface area contributed by atoms with Crippen LogP contribution >= 0.6 is 0 Å². The molecule has 3 amide bonds. The normalized spacial score (nSPS) is 14.9. The average molecular weight is 421 g/mol. The standard InChI is InChI=1S/C21H32N4O5/c1-12(2)10-16(24-18(26)13(3)22)20(28)23-14(4)19(27)25-17(21(29)30)11-15-8-6-5-7-9-15/h5-9,12-14,16-17H,10-11,22H2,1-4H3,(H,23,28)(H,24,26)(H,25,27)(H,29,30). The van der Waals surface area contributed by atoms with E-state index in [-0.39, 0.29) is 12.3 Å². The zero-order valence-corrected chi connectivity index (χ0v) is 17.8. The predicted molar refractivity (Wildman–Crippen MR) is 112 cm³/mol. The molecule has 1 rings (SSSR count). The van der Waals surface area contributed by atoms with Crippen LogP contribution in [0.1, 0.15) is 39.7 Å². The van der Waals surface area contributed by atoms with E-state index in [0.29, 0.717) is 6.42 Å². The Kier molecular flexibility index (Phi) is 9.97. The molecular weight excluding hydrogens is 388 g/mol. The van der Waals surface area contributed by atoms with Gasteiger partial charge in [0, 0.05) is 6.42 Å². The van der Waals surface area contributed by atoms with Gasteiger partial charge in [-0.1, -0.05) is 44.2 Å². The summed E-state index contributed by atoms with van der Waals surface area (Å²) >= 11 is 0. The van der Waals surface area contributed by atoms with E-state index < -0.39 is 47.9 Å². The zero-order chi connectivity index (χ0) is 22.8. The van der Waals surface area contributed by atoms with E-state index in [1.807, 2.05) is 19.9 Å². The highest BCUT2D eigenvalue weighted by Crippen LogP contribution is 2.07. The number of benzene rings is 1. The third kappa shape index (κ3) is 8.60. The first-order valence-electron chi connectivity index (χ1n) is 9.94. The number of rotatable bonds is 11. The maximum atomic E-state index is 12.6. The van der Waals surface area contributed by atoms with Crippen molar-refractivity contribution in [2.24, 2.45) is 11.7 Å². The molecule has 0 saturated heterocycles. The molecule has 9 nitrogen and oxygen atoms in total. The van der Waals surface area contributed by atoms with Crippen LogP contribution in [0.2, 0.25) is 0 Å². The smallest absolute Gasteiger partial charge is 0.326 e. The van der Waals surface area contributed by atoms with Crippen LogP contribution in [0.3, 0.4) is 0 Å². The number of aliphatic carboxylic acids is 1. The molecule has 1 aromatic carbocycles. The summed E-state index contributed by atoms with van der Waals surface area (Å²) in [5, 5.41) is 17.0. The lowest BCUT2D eigenvalue weighted by Gasteiger charge is -2.24. The highest BCUT2D eigenvalue weighted by Gasteiger charge is 2.28. The molecule has 0 aliphatic carbocycles. The van der Waals surface area contributed by atoms with Crippen molar-refractivity contribution >= 4 is 23.7 Å². The Morgan fingerprint density at radius 1 is 0.867 bits per heavy atom. The van der Waals surface area contributed by atoms with Gasteiger partial charge in [0.05, 0.1) is 6.04 Å². The molecule has 0 aromatic heterocycles. The van der Waals surface area contributed by atoms with Gasteiger partial charge in [-0.05, 0) is 31.7 Å².